The lowest BCUT2D eigenvalue weighted by molar-refractivity contribution is 0.0536. The average molecular weight is 377 g/mol. The van der Waals surface area contributed by atoms with E-state index in [1.807, 2.05) is 7.05 Å². The molecule has 1 N–H and O–H groups in total. The zero-order valence-electron chi connectivity index (χ0n) is 17.4. The summed E-state index contributed by atoms with van der Waals surface area (Å²) >= 11 is 0. The molecule has 1 heterocycles. The molecule has 6 heteroatoms. The molecule has 1 aliphatic rings. The predicted octanol–water partition coefficient (Wildman–Crippen LogP) is 2.38. The molecule has 1 atom stereocenters. The third kappa shape index (κ3) is 6.70. The molecule has 0 aliphatic carbocycles. The van der Waals surface area contributed by atoms with Crippen molar-refractivity contribution in [2.45, 2.75) is 20.3 Å². The standard InChI is InChI=1S/C21H36N4O2/c1-5-24(20-9-7-6-8-18(20)2)13-11-23-21(22-3)25-12-10-19(16-25)17-27-15-14-26-4/h6-9,19H,5,10-17H2,1-4H3,(H,22,23). The van der Waals surface area contributed by atoms with Gasteiger partial charge in [0.05, 0.1) is 19.8 Å². The van der Waals surface area contributed by atoms with Gasteiger partial charge >= 0.3 is 0 Å². The molecule has 0 radical (unpaired) electrons. The quantitative estimate of drug-likeness (QED) is 0.386. The number of benzene rings is 1. The van der Waals surface area contributed by atoms with Crippen molar-refractivity contribution in [1.82, 2.24) is 10.2 Å². The first kappa shape index (κ1) is 21.5. The normalized spacial score (nSPS) is 17.4. The average Bonchev–Trinajstić information content (AvgIpc) is 3.15. The van der Waals surface area contributed by atoms with Gasteiger partial charge in [-0.2, -0.15) is 0 Å². The summed E-state index contributed by atoms with van der Waals surface area (Å²) in [7, 11) is 3.57. The van der Waals surface area contributed by atoms with Crippen molar-refractivity contribution in [1.29, 1.82) is 0 Å². The second-order valence-corrected chi connectivity index (χ2v) is 7.01. The van der Waals surface area contributed by atoms with Crippen LogP contribution in [-0.4, -0.2) is 77.6 Å². The molecule has 1 aromatic carbocycles. The molecule has 0 saturated carbocycles. The van der Waals surface area contributed by atoms with Crippen LogP contribution in [0, 0.1) is 12.8 Å². The van der Waals surface area contributed by atoms with E-state index < -0.39 is 0 Å². The van der Waals surface area contributed by atoms with Gasteiger partial charge < -0.3 is 24.6 Å². The molecule has 1 aromatic rings. The van der Waals surface area contributed by atoms with Gasteiger partial charge in [-0.3, -0.25) is 4.99 Å². The van der Waals surface area contributed by atoms with Crippen LogP contribution in [0.4, 0.5) is 5.69 Å². The minimum atomic E-state index is 0.569. The van der Waals surface area contributed by atoms with E-state index >= 15 is 0 Å². The highest BCUT2D eigenvalue weighted by Crippen LogP contribution is 2.19. The molecular formula is C21H36N4O2. The molecule has 2 rings (SSSR count). The lowest BCUT2D eigenvalue weighted by Gasteiger charge is -2.27. The summed E-state index contributed by atoms with van der Waals surface area (Å²) in [5.74, 6) is 1.56. The number of nitrogens with one attached hydrogen (secondary N) is 1. The summed E-state index contributed by atoms with van der Waals surface area (Å²) in [6, 6.07) is 8.57. The van der Waals surface area contributed by atoms with E-state index in [2.05, 4.69) is 58.2 Å². The first-order chi connectivity index (χ1) is 13.2. The van der Waals surface area contributed by atoms with E-state index in [-0.39, 0.29) is 0 Å². The molecule has 152 valence electrons. The number of aliphatic imine (C=N–C) groups is 1. The number of rotatable bonds is 10. The predicted molar refractivity (Wildman–Crippen MR) is 113 cm³/mol. The van der Waals surface area contributed by atoms with Crippen molar-refractivity contribution in [3.05, 3.63) is 29.8 Å². The fourth-order valence-corrected chi connectivity index (χ4v) is 3.56. The summed E-state index contributed by atoms with van der Waals surface area (Å²) in [5, 5.41) is 3.54. The van der Waals surface area contributed by atoms with Crippen LogP contribution in [0.2, 0.25) is 0 Å². The number of para-hydroxylation sites is 1. The third-order valence-electron chi connectivity index (χ3n) is 5.09. The Morgan fingerprint density at radius 1 is 1.33 bits per heavy atom. The van der Waals surface area contributed by atoms with Gasteiger partial charge in [0.2, 0.25) is 0 Å². The number of hydrogen-bond acceptors (Lipinski definition) is 4. The Bertz CT molecular complexity index is 579. The van der Waals surface area contributed by atoms with Gasteiger partial charge in [-0.1, -0.05) is 18.2 Å². The number of aryl methyl sites for hydroxylation is 1. The van der Waals surface area contributed by atoms with Gasteiger partial charge in [0.15, 0.2) is 5.96 Å². The first-order valence-corrected chi connectivity index (χ1v) is 10.0. The molecule has 6 nitrogen and oxygen atoms in total. The Kier molecular flexibility index (Phi) is 9.42. The minimum Gasteiger partial charge on any atom is -0.382 e. The molecule has 1 aliphatic heterocycles. The van der Waals surface area contributed by atoms with Crippen molar-refractivity contribution in [2.75, 3.05) is 71.6 Å². The number of methoxy groups -OCH3 is 1. The molecule has 0 amide bonds. The van der Waals surface area contributed by atoms with E-state index in [1.54, 1.807) is 7.11 Å². The Labute approximate surface area is 164 Å². The van der Waals surface area contributed by atoms with Crippen LogP contribution < -0.4 is 10.2 Å². The fraction of sp³-hybridized carbons (Fsp3) is 0.667. The zero-order chi connectivity index (χ0) is 19.5. The van der Waals surface area contributed by atoms with Crippen molar-refractivity contribution in [2.24, 2.45) is 10.9 Å². The van der Waals surface area contributed by atoms with Gasteiger partial charge in [-0.15, -0.1) is 0 Å². The maximum Gasteiger partial charge on any atom is 0.193 e. The molecule has 0 spiro atoms. The topological polar surface area (TPSA) is 49.3 Å². The maximum atomic E-state index is 5.69. The number of nitrogens with zero attached hydrogens (tertiary/aromatic N) is 3. The van der Waals surface area contributed by atoms with E-state index in [4.69, 9.17) is 9.47 Å². The summed E-state index contributed by atoms with van der Waals surface area (Å²) in [4.78, 5) is 9.23. The van der Waals surface area contributed by atoms with Crippen LogP contribution in [0.3, 0.4) is 0 Å². The van der Waals surface area contributed by atoms with Crippen molar-refractivity contribution >= 4 is 11.6 Å². The summed E-state index contributed by atoms with van der Waals surface area (Å²) in [5.41, 5.74) is 2.63. The molecule has 1 fully saturated rings. The Hall–Kier alpha value is -1.79. The van der Waals surface area contributed by atoms with Gasteiger partial charge in [-0.05, 0) is 31.9 Å². The van der Waals surface area contributed by atoms with E-state index in [9.17, 15) is 0 Å². The zero-order valence-corrected chi connectivity index (χ0v) is 17.4. The number of likely N-dealkylation sites (N-methyl/N-ethyl adjacent to an activating group) is 1. The van der Waals surface area contributed by atoms with E-state index in [0.717, 1.165) is 51.7 Å². The molecule has 27 heavy (non-hydrogen) atoms. The maximum absolute atomic E-state index is 5.69. The lowest BCUT2D eigenvalue weighted by atomic mass is 10.1. The molecule has 0 aromatic heterocycles. The van der Waals surface area contributed by atoms with Gasteiger partial charge in [0, 0.05) is 58.5 Å². The number of ether oxygens (including phenoxy) is 2. The van der Waals surface area contributed by atoms with E-state index in [0.29, 0.717) is 19.1 Å². The van der Waals surface area contributed by atoms with Crippen LogP contribution in [0.5, 0.6) is 0 Å². The fourth-order valence-electron chi connectivity index (χ4n) is 3.56. The summed E-state index contributed by atoms with van der Waals surface area (Å²) in [6.07, 6.45) is 1.15. The molecule has 0 bridgehead atoms. The highest BCUT2D eigenvalue weighted by Gasteiger charge is 2.24. The van der Waals surface area contributed by atoms with Crippen LogP contribution in [-0.2, 0) is 9.47 Å². The first-order valence-electron chi connectivity index (χ1n) is 10.0. The largest absolute Gasteiger partial charge is 0.382 e. The monoisotopic (exact) mass is 376 g/mol. The number of hydrogen-bond donors (Lipinski definition) is 1. The third-order valence-corrected chi connectivity index (χ3v) is 5.09. The second-order valence-electron chi connectivity index (χ2n) is 7.01. The van der Waals surface area contributed by atoms with Crippen molar-refractivity contribution < 1.29 is 9.47 Å². The van der Waals surface area contributed by atoms with E-state index in [1.165, 1.54) is 11.3 Å². The number of likely N-dealkylation sites (tertiary alicyclic amines) is 1. The van der Waals surface area contributed by atoms with Gasteiger partial charge in [0.25, 0.3) is 0 Å². The highest BCUT2D eigenvalue weighted by atomic mass is 16.5. The number of guanidine groups is 1. The van der Waals surface area contributed by atoms with Crippen LogP contribution in [0.1, 0.15) is 18.9 Å². The number of anilines is 1. The van der Waals surface area contributed by atoms with Gasteiger partial charge in [0.1, 0.15) is 0 Å². The van der Waals surface area contributed by atoms with Crippen molar-refractivity contribution in [3.63, 3.8) is 0 Å². The Morgan fingerprint density at radius 2 is 2.15 bits per heavy atom. The Morgan fingerprint density at radius 3 is 2.85 bits per heavy atom. The molecule has 1 saturated heterocycles. The minimum absolute atomic E-state index is 0.569. The molecule has 1 unspecified atom stereocenters. The SMILES string of the molecule is CCN(CCNC(=NC)N1CCC(COCCOC)C1)c1ccccc1C. The van der Waals surface area contributed by atoms with Crippen LogP contribution in [0.15, 0.2) is 29.3 Å². The van der Waals surface area contributed by atoms with Crippen molar-refractivity contribution in [3.8, 4) is 0 Å². The smallest absolute Gasteiger partial charge is 0.193 e. The molecular weight excluding hydrogens is 340 g/mol. The van der Waals surface area contributed by atoms with Gasteiger partial charge in [-0.25, -0.2) is 0 Å². The van der Waals surface area contributed by atoms with Crippen LogP contribution >= 0.6 is 0 Å². The van der Waals surface area contributed by atoms with Crippen LogP contribution in [0.25, 0.3) is 0 Å². The Balaban J connectivity index is 1.76. The summed E-state index contributed by atoms with van der Waals surface area (Å²) < 4.78 is 10.7. The second kappa shape index (κ2) is 11.8. The lowest BCUT2D eigenvalue weighted by Crippen LogP contribution is -2.43. The highest BCUT2D eigenvalue weighted by molar-refractivity contribution is 5.80. The summed E-state index contributed by atoms with van der Waals surface area (Å²) in [6.45, 7) is 11.4.